The van der Waals surface area contributed by atoms with Crippen molar-refractivity contribution in [1.82, 2.24) is 88.0 Å². The van der Waals surface area contributed by atoms with Gasteiger partial charge < -0.3 is 21.3 Å². The van der Waals surface area contributed by atoms with Crippen LogP contribution in [-0.4, -0.2) is 88.0 Å². The molecular weight excluding hydrogens is 1500 g/mol. The van der Waals surface area contributed by atoms with Gasteiger partial charge >= 0.3 is 0 Å². The molecule has 110 heavy (non-hydrogen) atoms. The Kier molecular flexibility index (Phi) is 22.2. The summed E-state index contributed by atoms with van der Waals surface area (Å²) in [5, 5.41) is 13.7. The monoisotopic (exact) mass is 1570 g/mol. The van der Waals surface area contributed by atoms with Crippen molar-refractivity contribution in [2.45, 2.75) is 51.9 Å². The molecule has 0 saturated heterocycles. The maximum Gasteiger partial charge on any atom is 0.159 e. The first-order valence-corrected chi connectivity index (χ1v) is 37.1. The third-order valence-corrected chi connectivity index (χ3v) is 19.3. The number of aromatic nitrogens is 18. The molecule has 0 amide bonds. The van der Waals surface area contributed by atoms with Gasteiger partial charge in [0.1, 0.15) is 48.6 Å². The van der Waals surface area contributed by atoms with E-state index in [1.165, 1.54) is 22.3 Å². The van der Waals surface area contributed by atoms with Crippen LogP contribution in [0.15, 0.2) is 327 Å². The zero-order valence-corrected chi connectivity index (χ0v) is 63.3. The van der Waals surface area contributed by atoms with Crippen LogP contribution >= 0.6 is 31.9 Å². The summed E-state index contributed by atoms with van der Waals surface area (Å²) in [4.78, 5) is 62.5. The molecule has 4 atom stereocenters. The second-order valence-electron chi connectivity index (χ2n) is 25.8. The van der Waals surface area contributed by atoms with Gasteiger partial charge in [0.15, 0.2) is 23.3 Å². The van der Waals surface area contributed by atoms with Crippen LogP contribution in [0.3, 0.4) is 0 Å². The first-order chi connectivity index (χ1) is 54.0. The van der Waals surface area contributed by atoms with Gasteiger partial charge in [-0.3, -0.25) is 48.2 Å². The molecule has 0 radical (unpaired) electrons. The number of anilines is 4. The van der Waals surface area contributed by atoms with Crippen molar-refractivity contribution in [2.75, 3.05) is 21.3 Å². The molecule has 0 unspecified atom stereocenters. The van der Waals surface area contributed by atoms with Crippen LogP contribution in [0.4, 0.5) is 23.3 Å². The Morgan fingerprint density at radius 3 is 0.955 bits per heavy atom. The Labute approximate surface area is 651 Å². The zero-order chi connectivity index (χ0) is 75.1. The number of rotatable bonds is 18. The molecule has 24 heteroatoms. The lowest BCUT2D eigenvalue weighted by Gasteiger charge is -2.15. The van der Waals surface area contributed by atoms with Gasteiger partial charge in [-0.05, 0) is 157 Å². The minimum atomic E-state index is 0.119. The summed E-state index contributed by atoms with van der Waals surface area (Å²) in [6.07, 6.45) is 28.2. The topological polar surface area (TPSA) is 248 Å². The standard InChI is InChI=1S/2C24H20N6.2C19H16BrN5/c1-17(18-5-3-2-4-6-18)28-23-14-26-15-24(29-23)30-16-27-21-13-20(7-8-22(21)30)19-9-11-25-12-10-19;1-17(18-5-3-2-4-6-18)28-23-14-26-15-24(29-23)30-16-27-21-8-7-20(13-22(21)30)19-9-11-25-12-10-19;1-13(14-5-3-2-4-6-14)23-18-10-21-11-19(24-18)25-12-22-16-9-15(20)7-8-17(16)25;1-13(14-5-3-2-4-6-14)23-18-10-21-11-19(24-18)25-12-22-16-8-7-15(20)9-17(16)25/h2*2-17H,1H3,(H,28,29);2*2-13H,1H3,(H,23,24)/t2*17-;2*13-/m0000/s1. The van der Waals surface area contributed by atoms with Gasteiger partial charge in [-0.1, -0.05) is 165 Å². The molecule has 18 aromatic rings. The molecule has 0 spiro atoms. The summed E-state index contributed by atoms with van der Waals surface area (Å²) < 4.78 is 9.80. The molecule has 540 valence electrons. The molecule has 10 heterocycles. The summed E-state index contributed by atoms with van der Waals surface area (Å²) in [6.45, 7) is 8.43. The quantitative estimate of drug-likeness (QED) is 0.0623. The molecule has 10 aromatic heterocycles. The number of pyridine rings is 2. The van der Waals surface area contributed by atoms with Crippen molar-refractivity contribution in [1.29, 1.82) is 0 Å². The van der Waals surface area contributed by atoms with Crippen molar-refractivity contribution in [2.24, 2.45) is 0 Å². The number of fused-ring (bicyclic) bond motifs is 4. The first-order valence-electron chi connectivity index (χ1n) is 35.5. The second-order valence-corrected chi connectivity index (χ2v) is 27.6. The van der Waals surface area contributed by atoms with E-state index in [9.17, 15) is 0 Å². The number of nitrogens with one attached hydrogen (secondary N) is 4. The van der Waals surface area contributed by atoms with Crippen molar-refractivity contribution in [3.05, 3.63) is 349 Å². The largest absolute Gasteiger partial charge is 0.362 e. The summed E-state index contributed by atoms with van der Waals surface area (Å²) >= 11 is 6.98. The van der Waals surface area contributed by atoms with Crippen LogP contribution in [-0.2, 0) is 0 Å². The average Bonchev–Trinajstić information content (AvgIpc) is 1.71. The molecule has 0 fully saturated rings. The molecule has 0 saturated carbocycles. The van der Waals surface area contributed by atoms with Crippen LogP contribution in [0.2, 0.25) is 0 Å². The van der Waals surface area contributed by atoms with Crippen molar-refractivity contribution in [3.63, 3.8) is 0 Å². The lowest BCUT2D eigenvalue weighted by molar-refractivity contribution is 0.865. The summed E-state index contributed by atoms with van der Waals surface area (Å²) in [5.41, 5.74) is 16.8. The van der Waals surface area contributed by atoms with Crippen molar-refractivity contribution < 1.29 is 0 Å². The SMILES string of the molecule is C[C@H](Nc1cncc(-n2cnc3cc(-c4ccncc4)ccc32)n1)c1ccccc1.C[C@H](Nc1cncc(-n2cnc3cc(Br)ccc32)n1)c1ccccc1.C[C@H](Nc1cncc(-n2cnc3ccc(-c4ccncc4)cc32)n1)c1ccccc1.C[C@H](Nc1cncc(-n2cnc3ccc(Br)cc32)n1)c1ccccc1. The molecule has 0 aliphatic rings. The normalized spacial score (nSPS) is 12.1. The Hall–Kier alpha value is -13.6. The summed E-state index contributed by atoms with van der Waals surface area (Å²) in [5.74, 6) is 5.80. The van der Waals surface area contributed by atoms with Crippen LogP contribution in [0.25, 0.3) is 89.7 Å². The van der Waals surface area contributed by atoms with E-state index in [1.807, 2.05) is 158 Å². The van der Waals surface area contributed by atoms with Crippen LogP contribution < -0.4 is 21.3 Å². The van der Waals surface area contributed by atoms with Gasteiger partial charge in [-0.2, -0.15) is 0 Å². The highest BCUT2D eigenvalue weighted by Gasteiger charge is 2.17. The predicted molar refractivity (Wildman–Crippen MR) is 442 cm³/mol. The Bertz CT molecular complexity index is 6070. The molecule has 22 nitrogen and oxygen atoms in total. The van der Waals surface area contributed by atoms with Gasteiger partial charge in [-0.15, -0.1) is 0 Å². The van der Waals surface area contributed by atoms with Gasteiger partial charge in [0.2, 0.25) is 0 Å². The smallest absolute Gasteiger partial charge is 0.159 e. The third-order valence-electron chi connectivity index (χ3n) is 18.3. The van der Waals surface area contributed by atoms with Crippen LogP contribution in [0, 0.1) is 0 Å². The molecular formula is C86H72Br2N22. The number of imidazole rings is 4. The molecule has 0 aliphatic carbocycles. The summed E-state index contributed by atoms with van der Waals surface area (Å²) in [6, 6.07) is 74.0. The molecule has 18 rings (SSSR count). The minimum Gasteiger partial charge on any atom is -0.362 e. The van der Waals surface area contributed by atoms with E-state index < -0.39 is 0 Å². The highest BCUT2D eigenvalue weighted by Crippen LogP contribution is 2.31. The lowest BCUT2D eigenvalue weighted by Crippen LogP contribution is -2.09. The van der Waals surface area contributed by atoms with E-state index in [0.29, 0.717) is 0 Å². The van der Waals surface area contributed by atoms with Crippen molar-refractivity contribution in [3.8, 4) is 45.5 Å². The van der Waals surface area contributed by atoms with Crippen LogP contribution in [0.1, 0.15) is 74.1 Å². The number of halogens is 2. The number of nitrogens with zero attached hydrogens (tertiary/aromatic N) is 18. The van der Waals surface area contributed by atoms with E-state index in [2.05, 4.69) is 210 Å². The first kappa shape index (κ1) is 72.0. The van der Waals surface area contributed by atoms with E-state index >= 15 is 0 Å². The molecule has 0 bridgehead atoms. The molecule has 0 aliphatic heterocycles. The fourth-order valence-corrected chi connectivity index (χ4v) is 13.2. The highest BCUT2D eigenvalue weighted by atomic mass is 79.9. The maximum atomic E-state index is 4.77. The van der Waals surface area contributed by atoms with Gasteiger partial charge in [0.25, 0.3) is 0 Å². The summed E-state index contributed by atoms with van der Waals surface area (Å²) in [7, 11) is 0. The highest BCUT2D eigenvalue weighted by molar-refractivity contribution is 9.10. The fraction of sp³-hybridized carbons (Fsp3) is 0.0930. The lowest BCUT2D eigenvalue weighted by atomic mass is 10.1. The van der Waals surface area contributed by atoms with E-state index in [4.69, 9.17) is 19.9 Å². The van der Waals surface area contributed by atoms with Crippen LogP contribution in [0.5, 0.6) is 0 Å². The molecule has 8 aromatic carbocycles. The second kappa shape index (κ2) is 33.9. The Morgan fingerprint density at radius 2 is 0.564 bits per heavy atom. The van der Waals surface area contributed by atoms with Gasteiger partial charge in [0.05, 0.1) is 93.7 Å². The zero-order valence-electron chi connectivity index (χ0n) is 60.1. The average molecular weight is 1570 g/mol. The fourth-order valence-electron chi connectivity index (χ4n) is 12.5. The minimum absolute atomic E-state index is 0.119. The van der Waals surface area contributed by atoms with E-state index in [0.717, 1.165) is 122 Å². The number of hydrogen-bond acceptors (Lipinski definition) is 18. The Balaban J connectivity index is 0.000000117. The number of benzene rings is 8. The maximum absolute atomic E-state index is 4.77. The third kappa shape index (κ3) is 17.3. The Morgan fingerprint density at radius 1 is 0.264 bits per heavy atom. The van der Waals surface area contributed by atoms with E-state index in [1.54, 1.807) is 99.7 Å². The van der Waals surface area contributed by atoms with Crippen molar-refractivity contribution >= 4 is 99.3 Å². The molecule has 4 N–H and O–H groups in total. The number of hydrogen-bond donors (Lipinski definition) is 4. The van der Waals surface area contributed by atoms with E-state index in [-0.39, 0.29) is 24.2 Å². The predicted octanol–water partition coefficient (Wildman–Crippen LogP) is 19.6. The van der Waals surface area contributed by atoms with Gasteiger partial charge in [-0.25, -0.2) is 39.9 Å². The van der Waals surface area contributed by atoms with Gasteiger partial charge in [0, 0.05) is 57.9 Å².